The largest absolute Gasteiger partial charge is 0.416 e. The van der Waals surface area contributed by atoms with Crippen LogP contribution in [0.15, 0.2) is 28.8 Å². The van der Waals surface area contributed by atoms with Gasteiger partial charge in [0.05, 0.1) is 11.6 Å². The Labute approximate surface area is 123 Å². The summed E-state index contributed by atoms with van der Waals surface area (Å²) < 4.78 is 43.0. The van der Waals surface area contributed by atoms with E-state index in [9.17, 15) is 13.2 Å². The van der Waals surface area contributed by atoms with Crippen LogP contribution < -0.4 is 5.73 Å². The quantitative estimate of drug-likeness (QED) is 0.914. The van der Waals surface area contributed by atoms with E-state index in [0.717, 1.165) is 17.9 Å². The first-order chi connectivity index (χ1) is 9.91. The first-order valence-electron chi connectivity index (χ1n) is 6.17. The Morgan fingerprint density at radius 1 is 1.38 bits per heavy atom. The standard InChI is InChI=1S/C13H14F3N3OS/c1-21-6-5-10(17)12-18-11(19-20-12)8-3-2-4-9(7-8)13(14,15)16/h2-4,7,10H,5-6,17H2,1H3/t10-/m1/s1. The van der Waals surface area contributed by atoms with Crippen LogP contribution in [0.5, 0.6) is 0 Å². The fourth-order valence-corrected chi connectivity index (χ4v) is 2.20. The molecule has 1 aromatic carbocycles. The molecule has 21 heavy (non-hydrogen) atoms. The van der Waals surface area contributed by atoms with Crippen molar-refractivity contribution in [1.82, 2.24) is 10.1 Å². The lowest BCUT2D eigenvalue weighted by atomic mass is 10.1. The lowest BCUT2D eigenvalue weighted by Gasteiger charge is -2.06. The van der Waals surface area contributed by atoms with Crippen molar-refractivity contribution in [2.45, 2.75) is 18.6 Å². The average Bonchev–Trinajstić information content (AvgIpc) is 2.94. The minimum Gasteiger partial charge on any atom is -0.337 e. The third kappa shape index (κ3) is 3.98. The highest BCUT2D eigenvalue weighted by Gasteiger charge is 2.30. The predicted octanol–water partition coefficient (Wildman–Crippen LogP) is 3.51. The first kappa shape index (κ1) is 15.8. The van der Waals surface area contributed by atoms with E-state index in [1.165, 1.54) is 12.1 Å². The normalized spacial score (nSPS) is 13.4. The number of hydrogen-bond acceptors (Lipinski definition) is 5. The average molecular weight is 317 g/mol. The number of nitrogens with zero attached hydrogens (tertiary/aromatic N) is 2. The number of aromatic nitrogens is 2. The van der Waals surface area contributed by atoms with Gasteiger partial charge in [0.1, 0.15) is 0 Å². The number of alkyl halides is 3. The molecule has 2 aromatic rings. The van der Waals surface area contributed by atoms with Gasteiger partial charge in [-0.2, -0.15) is 29.9 Å². The molecule has 4 nitrogen and oxygen atoms in total. The number of benzene rings is 1. The SMILES string of the molecule is CSCC[C@@H](N)c1nc(-c2cccc(C(F)(F)F)c2)no1. The fraction of sp³-hybridized carbons (Fsp3) is 0.385. The third-order valence-corrected chi connectivity index (χ3v) is 3.48. The van der Waals surface area contributed by atoms with E-state index in [0.29, 0.717) is 6.42 Å². The Kier molecular flexibility index (Phi) is 4.89. The van der Waals surface area contributed by atoms with E-state index in [2.05, 4.69) is 10.1 Å². The lowest BCUT2D eigenvalue weighted by molar-refractivity contribution is -0.137. The molecule has 0 saturated heterocycles. The number of hydrogen-bond donors (Lipinski definition) is 1. The molecular formula is C13H14F3N3OS. The number of thioether (sulfide) groups is 1. The van der Waals surface area contributed by atoms with Crippen molar-refractivity contribution in [3.05, 3.63) is 35.7 Å². The summed E-state index contributed by atoms with van der Waals surface area (Å²) in [5.41, 5.74) is 5.38. The maximum atomic E-state index is 12.7. The van der Waals surface area contributed by atoms with Gasteiger partial charge in [0.15, 0.2) is 0 Å². The minimum atomic E-state index is -4.41. The highest BCUT2D eigenvalue weighted by molar-refractivity contribution is 7.98. The summed E-state index contributed by atoms with van der Waals surface area (Å²) in [4.78, 5) is 4.08. The molecule has 8 heteroatoms. The van der Waals surface area contributed by atoms with Crippen LogP contribution in [0.1, 0.15) is 23.9 Å². The molecule has 0 aliphatic rings. The highest BCUT2D eigenvalue weighted by atomic mass is 32.2. The number of halogens is 3. The van der Waals surface area contributed by atoms with Gasteiger partial charge in [-0.15, -0.1) is 0 Å². The second-order valence-electron chi connectivity index (χ2n) is 4.42. The van der Waals surface area contributed by atoms with Gasteiger partial charge in [-0.3, -0.25) is 0 Å². The van der Waals surface area contributed by atoms with E-state index in [-0.39, 0.29) is 17.3 Å². The molecule has 0 saturated carbocycles. The molecule has 1 aromatic heterocycles. The molecule has 114 valence electrons. The maximum absolute atomic E-state index is 12.7. The van der Waals surface area contributed by atoms with Crippen molar-refractivity contribution in [1.29, 1.82) is 0 Å². The Morgan fingerprint density at radius 2 is 2.14 bits per heavy atom. The molecule has 1 atom stereocenters. The van der Waals surface area contributed by atoms with Crippen LogP contribution in [0.2, 0.25) is 0 Å². The Bertz CT molecular complexity index is 600. The predicted molar refractivity (Wildman–Crippen MR) is 74.7 cm³/mol. The van der Waals surface area contributed by atoms with Gasteiger partial charge < -0.3 is 10.3 Å². The summed E-state index contributed by atoms with van der Waals surface area (Å²) in [6, 6.07) is 4.38. The molecule has 0 radical (unpaired) electrons. The second kappa shape index (κ2) is 6.48. The van der Waals surface area contributed by atoms with Crippen molar-refractivity contribution in [2.24, 2.45) is 5.73 Å². The highest BCUT2D eigenvalue weighted by Crippen LogP contribution is 2.31. The summed E-state index contributed by atoms with van der Waals surface area (Å²) in [5.74, 6) is 1.18. The molecule has 2 N–H and O–H groups in total. The smallest absolute Gasteiger partial charge is 0.337 e. The molecule has 0 unspecified atom stereocenters. The van der Waals surface area contributed by atoms with E-state index < -0.39 is 17.8 Å². The molecule has 0 aliphatic heterocycles. The molecule has 2 rings (SSSR count). The van der Waals surface area contributed by atoms with E-state index >= 15 is 0 Å². The molecule has 0 amide bonds. The molecule has 0 spiro atoms. The van der Waals surface area contributed by atoms with Crippen LogP contribution >= 0.6 is 11.8 Å². The summed E-state index contributed by atoms with van der Waals surface area (Å²) in [6.07, 6.45) is -1.79. The molecule has 0 aliphatic carbocycles. The van der Waals surface area contributed by atoms with Crippen molar-refractivity contribution in [3.63, 3.8) is 0 Å². The van der Waals surface area contributed by atoms with E-state index in [4.69, 9.17) is 10.3 Å². The van der Waals surface area contributed by atoms with Crippen LogP contribution in [0.25, 0.3) is 11.4 Å². The Morgan fingerprint density at radius 3 is 2.81 bits per heavy atom. The Hall–Kier alpha value is -1.54. The van der Waals surface area contributed by atoms with Gasteiger partial charge in [-0.05, 0) is 30.6 Å². The van der Waals surface area contributed by atoms with Crippen LogP contribution in [-0.4, -0.2) is 22.1 Å². The van der Waals surface area contributed by atoms with Crippen molar-refractivity contribution in [3.8, 4) is 11.4 Å². The molecule has 0 fully saturated rings. The van der Waals surface area contributed by atoms with Gasteiger partial charge in [-0.25, -0.2) is 0 Å². The minimum absolute atomic E-state index is 0.107. The van der Waals surface area contributed by atoms with Crippen molar-refractivity contribution >= 4 is 11.8 Å². The lowest BCUT2D eigenvalue weighted by Crippen LogP contribution is -2.11. The van der Waals surface area contributed by atoms with Crippen LogP contribution in [0.3, 0.4) is 0 Å². The topological polar surface area (TPSA) is 64.9 Å². The summed E-state index contributed by atoms with van der Waals surface area (Å²) in [6.45, 7) is 0. The second-order valence-corrected chi connectivity index (χ2v) is 5.41. The van der Waals surface area contributed by atoms with Crippen LogP contribution in [-0.2, 0) is 6.18 Å². The summed E-state index contributed by atoms with van der Waals surface area (Å²) >= 11 is 1.64. The van der Waals surface area contributed by atoms with Crippen LogP contribution in [0, 0.1) is 0 Å². The third-order valence-electron chi connectivity index (χ3n) is 2.84. The number of nitrogens with two attached hydrogens (primary N) is 1. The fourth-order valence-electron chi connectivity index (χ4n) is 1.71. The van der Waals surface area contributed by atoms with Gasteiger partial charge in [0.2, 0.25) is 11.7 Å². The van der Waals surface area contributed by atoms with Gasteiger partial charge >= 0.3 is 6.18 Å². The summed E-state index contributed by atoms with van der Waals surface area (Å²) in [7, 11) is 0. The van der Waals surface area contributed by atoms with Crippen molar-refractivity contribution in [2.75, 3.05) is 12.0 Å². The van der Waals surface area contributed by atoms with Gasteiger partial charge in [0, 0.05) is 5.56 Å². The van der Waals surface area contributed by atoms with Gasteiger partial charge in [-0.1, -0.05) is 17.3 Å². The monoisotopic (exact) mass is 317 g/mol. The molecule has 1 heterocycles. The number of rotatable bonds is 5. The maximum Gasteiger partial charge on any atom is 0.416 e. The zero-order valence-corrected chi connectivity index (χ0v) is 12.0. The summed E-state index contributed by atoms with van der Waals surface area (Å²) in [5, 5.41) is 3.70. The molecular weight excluding hydrogens is 303 g/mol. The van der Waals surface area contributed by atoms with E-state index in [1.807, 2.05) is 6.26 Å². The zero-order chi connectivity index (χ0) is 15.5. The van der Waals surface area contributed by atoms with Gasteiger partial charge in [0.25, 0.3) is 0 Å². The Balaban J connectivity index is 2.22. The van der Waals surface area contributed by atoms with Crippen LogP contribution in [0.4, 0.5) is 13.2 Å². The zero-order valence-electron chi connectivity index (χ0n) is 11.2. The van der Waals surface area contributed by atoms with E-state index in [1.54, 1.807) is 11.8 Å². The van der Waals surface area contributed by atoms with Crippen molar-refractivity contribution < 1.29 is 17.7 Å². The first-order valence-corrected chi connectivity index (χ1v) is 7.57. The molecule has 0 bridgehead atoms.